The summed E-state index contributed by atoms with van der Waals surface area (Å²) >= 11 is 0. The van der Waals surface area contributed by atoms with Crippen LogP contribution in [-0.2, 0) is 9.59 Å². The second-order valence-electron chi connectivity index (χ2n) is 14.5. The lowest BCUT2D eigenvalue weighted by molar-refractivity contribution is -0.127. The molecule has 4 atom stereocenters. The highest BCUT2D eigenvalue weighted by molar-refractivity contribution is 5.87. The summed E-state index contributed by atoms with van der Waals surface area (Å²) in [7, 11) is 0. The second-order valence-corrected chi connectivity index (χ2v) is 14.5. The van der Waals surface area contributed by atoms with Crippen molar-refractivity contribution in [2.75, 3.05) is 19.6 Å². The first kappa shape index (κ1) is 48.9. The molecule has 0 spiro atoms. The SMILES string of the molecule is C#CC#CC#CC#CC#CC#CC#CC#CC#CC#CC#CC#CC.O=C(CN1CCC(C2CCCCC2)CC1)NC1C(C(=O)C2CC2)CC2CCCCC21.O=O.[HH].[HH].[HH].[HH].[HH].[HH].[HH].[HH].[HH].[HH].[HH].[HH].[HH].[HH].[N-]=[N+]=N. The number of nitrogens with one attached hydrogen (secondary N) is 2. The maximum absolute atomic E-state index is 13.0. The van der Waals surface area contributed by atoms with Crippen molar-refractivity contribution >= 4 is 11.7 Å². The number of likely N-dealkylation sites (tertiary alicyclic amines) is 1. The van der Waals surface area contributed by atoms with Gasteiger partial charge in [0.2, 0.25) is 5.91 Å². The van der Waals surface area contributed by atoms with Crippen molar-refractivity contribution in [2.45, 2.75) is 103 Å². The average molecular weight is 822 g/mol. The summed E-state index contributed by atoms with van der Waals surface area (Å²) < 4.78 is 0. The third-order valence-corrected chi connectivity index (χ3v) is 10.9. The summed E-state index contributed by atoms with van der Waals surface area (Å²) in [5.41, 5.74) is 12.2. The van der Waals surface area contributed by atoms with Gasteiger partial charge in [-0.1, -0.05) is 57.3 Å². The quantitative estimate of drug-likeness (QED) is 0.119. The summed E-state index contributed by atoms with van der Waals surface area (Å²) in [6.07, 6.45) is 22.9. The molecule has 2 N–H and O–H groups in total. The normalized spacial score (nSPS) is 20.0. The van der Waals surface area contributed by atoms with Crippen LogP contribution in [0.3, 0.4) is 0 Å². The maximum Gasteiger partial charge on any atom is 0.234 e. The Bertz CT molecular complexity index is 2340. The van der Waals surface area contributed by atoms with Crippen LogP contribution in [0.15, 0.2) is 0 Å². The maximum atomic E-state index is 13.0. The van der Waals surface area contributed by atoms with E-state index in [9.17, 15) is 9.59 Å². The third-order valence-electron chi connectivity index (χ3n) is 10.9. The summed E-state index contributed by atoms with van der Waals surface area (Å²) in [5, 5.41) is 3.41. The molecule has 60 heavy (non-hydrogen) atoms. The molecule has 5 rings (SSSR count). The van der Waals surface area contributed by atoms with E-state index in [0.717, 1.165) is 44.2 Å². The van der Waals surface area contributed by atoms with Gasteiger partial charge in [0, 0.05) is 83.3 Å². The van der Waals surface area contributed by atoms with Gasteiger partial charge in [-0.3, -0.25) is 14.5 Å². The Morgan fingerprint density at radius 1 is 0.633 bits per heavy atom. The number of ketones is 1. The van der Waals surface area contributed by atoms with Crippen LogP contribution in [0.25, 0.3) is 10.4 Å². The third kappa shape index (κ3) is 20.2. The summed E-state index contributed by atoms with van der Waals surface area (Å²) in [6, 6.07) is 0.121. The van der Waals surface area contributed by atoms with Gasteiger partial charge in [-0.25, -0.2) is 0 Å². The van der Waals surface area contributed by atoms with E-state index in [1.54, 1.807) is 11.8 Å². The van der Waals surface area contributed by atoms with E-state index < -0.39 is 0 Å². The molecule has 4 saturated carbocycles. The first-order valence-electron chi connectivity index (χ1n) is 20.1. The van der Waals surface area contributed by atoms with Gasteiger partial charge < -0.3 is 5.32 Å². The average Bonchev–Trinajstić information content (AvgIpc) is 4.07. The molecule has 1 amide bonds. The number of carbonyl (C=O) groups is 2. The number of amides is 1. The molecular formula is C51H75N5O4. The summed E-state index contributed by atoms with van der Waals surface area (Å²) in [4.78, 5) is 44.1. The molecule has 9 nitrogen and oxygen atoms in total. The lowest BCUT2D eigenvalue weighted by Gasteiger charge is -2.37. The number of piperidine rings is 1. The van der Waals surface area contributed by atoms with Crippen LogP contribution < -0.4 is 5.32 Å². The zero-order valence-corrected chi connectivity index (χ0v) is 34.1. The number of hydrogen-bond acceptors (Lipinski definition) is 6. The van der Waals surface area contributed by atoms with Gasteiger partial charge in [0.1, 0.15) is 5.78 Å². The van der Waals surface area contributed by atoms with Crippen LogP contribution in [-0.4, -0.2) is 42.3 Å². The second kappa shape index (κ2) is 31.8. The van der Waals surface area contributed by atoms with Crippen LogP contribution >= 0.6 is 0 Å². The van der Waals surface area contributed by atoms with Crippen LogP contribution in [0.2, 0.25) is 0 Å². The van der Waals surface area contributed by atoms with Gasteiger partial charge in [0.25, 0.3) is 0 Å². The van der Waals surface area contributed by atoms with Gasteiger partial charge in [-0.15, -0.1) is 12.0 Å². The molecule has 1 saturated heterocycles. The number of terminal acetylenes is 1. The van der Waals surface area contributed by atoms with E-state index in [2.05, 4.69) is 146 Å². The molecular weight excluding hydrogens is 747 g/mol. The minimum atomic E-state index is 0. The largest absolute Gasteiger partial charge is 0.351 e. The molecule has 1 heterocycles. The Kier molecular flexibility index (Phi) is 25.9. The van der Waals surface area contributed by atoms with Crippen molar-refractivity contribution in [3.8, 4) is 143 Å². The fourth-order valence-corrected chi connectivity index (χ4v) is 8.26. The minimum Gasteiger partial charge on any atom is -0.351 e. The molecule has 0 aromatic rings. The zero-order valence-electron chi connectivity index (χ0n) is 34.1. The molecule has 0 aromatic carbocycles. The molecule has 5 aliphatic rings. The van der Waals surface area contributed by atoms with Crippen LogP contribution in [0.4, 0.5) is 0 Å². The Hall–Kier alpha value is -7.27. The first-order chi connectivity index (χ1) is 29.5. The Morgan fingerprint density at radius 2 is 1.03 bits per heavy atom. The van der Waals surface area contributed by atoms with E-state index in [1.165, 1.54) is 70.6 Å². The zero-order chi connectivity index (χ0) is 43.5. The predicted molar refractivity (Wildman–Crippen MR) is 265 cm³/mol. The van der Waals surface area contributed by atoms with Gasteiger partial charge in [0.05, 0.1) is 6.54 Å². The highest BCUT2D eigenvalue weighted by Gasteiger charge is 2.50. The van der Waals surface area contributed by atoms with E-state index in [-0.39, 0.29) is 37.8 Å². The van der Waals surface area contributed by atoms with E-state index in [0.29, 0.717) is 30.1 Å². The highest BCUT2D eigenvalue weighted by Crippen LogP contribution is 2.48. The summed E-state index contributed by atoms with van der Waals surface area (Å²) in [6.45, 7) is 4.39. The highest BCUT2D eigenvalue weighted by atomic mass is 16.7. The Balaban J connectivity index is -0.0000000723. The molecule has 0 aromatic heterocycles. The van der Waals surface area contributed by atoms with E-state index in [4.69, 9.17) is 27.4 Å². The predicted octanol–water partition coefficient (Wildman–Crippen LogP) is 9.63. The van der Waals surface area contributed by atoms with Crippen molar-refractivity contribution < 1.29 is 29.6 Å². The van der Waals surface area contributed by atoms with E-state index in [1.807, 2.05) is 0 Å². The topological polar surface area (TPSA) is 144 Å². The molecule has 328 valence electrons. The Labute approximate surface area is 377 Å². The Morgan fingerprint density at radius 3 is 1.48 bits per heavy atom. The number of Topliss-reactive ketones (excluding diaryl/α,β-unsaturated/α-hetero) is 1. The fraction of sp³-hybridized carbons (Fsp3) is 0.490. The van der Waals surface area contributed by atoms with Gasteiger partial charge in [-0.05, 0) is 187 Å². The molecule has 0 bridgehead atoms. The first-order valence-corrected chi connectivity index (χ1v) is 20.1. The van der Waals surface area contributed by atoms with Crippen molar-refractivity contribution in [3.63, 3.8) is 0 Å². The van der Waals surface area contributed by atoms with Gasteiger partial charge in [-0.2, -0.15) is 0 Å². The van der Waals surface area contributed by atoms with Crippen molar-refractivity contribution in [2.24, 2.45) is 35.5 Å². The molecule has 9 heteroatoms. The molecule has 0 radical (unpaired) electrons. The van der Waals surface area contributed by atoms with Crippen molar-refractivity contribution in [1.82, 2.24) is 10.2 Å². The lowest BCUT2D eigenvalue weighted by atomic mass is 9.76. The fourth-order valence-electron chi connectivity index (χ4n) is 8.26. The van der Waals surface area contributed by atoms with E-state index >= 15 is 0 Å². The number of nitrogens with zero attached hydrogens (tertiary/aromatic N) is 3. The van der Waals surface area contributed by atoms with Crippen LogP contribution in [0.5, 0.6) is 0 Å². The number of fused-ring (bicyclic) bond motifs is 1. The lowest BCUT2D eigenvalue weighted by Crippen LogP contribution is -2.49. The van der Waals surface area contributed by atoms with Gasteiger partial charge >= 0.3 is 0 Å². The monoisotopic (exact) mass is 822 g/mol. The standard InChI is InChI=1S/C26H42N2O2.C25H4.HN3.O2.14H2/c29-24(17-28-14-12-19(13-15-28)18-6-2-1-3-7-18)27-25-22-9-5-4-8-21(22)16-23(25)26(30)20-10-11-20;1-3-5-7-9-11-13-15-17-19-21-23-25-24-22-20-18-16-14-12-10-8-6-4-2;1-3-2;1-2;;;;;;;;;;;;;;/h18-23,25H,1-17H2,(H,27,29);1H,2H3;1H;;14*1H. The molecule has 4 aliphatic carbocycles. The number of rotatable bonds is 6. The summed E-state index contributed by atoms with van der Waals surface area (Å²) in [5.74, 6) is 61.0. The van der Waals surface area contributed by atoms with Crippen LogP contribution in [0, 0.1) is 194 Å². The smallest absolute Gasteiger partial charge is 0.234 e. The van der Waals surface area contributed by atoms with Crippen molar-refractivity contribution in [3.05, 3.63) is 20.4 Å². The molecule has 4 unspecified atom stereocenters. The van der Waals surface area contributed by atoms with Gasteiger partial charge in [0.15, 0.2) is 0 Å². The van der Waals surface area contributed by atoms with Crippen LogP contribution in [0.1, 0.15) is 117 Å². The minimum absolute atomic E-state index is 0. The number of hydrogen-bond donors (Lipinski definition) is 2. The number of carbonyl (C=O) groups excluding carboxylic acids is 2. The molecule has 5 fully saturated rings. The molecule has 1 aliphatic heterocycles. The van der Waals surface area contributed by atoms with Crippen molar-refractivity contribution in [1.29, 1.82) is 5.53 Å².